The number of guanidine groups is 1. The Morgan fingerprint density at radius 2 is 2.10 bits per heavy atom. The maximum atomic E-state index is 4.57. The van der Waals surface area contributed by atoms with Crippen LogP contribution in [0.15, 0.2) is 10.4 Å². The second-order valence-electron chi connectivity index (χ2n) is 4.38. The normalized spacial score (nSPS) is 11.1. The minimum atomic E-state index is 0. The Morgan fingerprint density at radius 1 is 1.30 bits per heavy atom. The first kappa shape index (κ1) is 19.6. The molecule has 0 bridgehead atoms. The van der Waals surface area contributed by atoms with Crippen LogP contribution in [0.5, 0.6) is 0 Å². The summed E-state index contributed by atoms with van der Waals surface area (Å²) in [5.74, 6) is 0.918. The van der Waals surface area contributed by atoms with Gasteiger partial charge in [-0.2, -0.15) is 0 Å². The molecular weight excluding hydrogens is 383 g/mol. The summed E-state index contributed by atoms with van der Waals surface area (Å²) < 4.78 is 0. The van der Waals surface area contributed by atoms with Gasteiger partial charge in [-0.3, -0.25) is 4.99 Å². The van der Waals surface area contributed by atoms with Crippen LogP contribution in [0.4, 0.5) is 0 Å². The van der Waals surface area contributed by atoms with Crippen LogP contribution >= 0.6 is 35.3 Å². The molecule has 116 valence electrons. The first-order valence-corrected chi connectivity index (χ1v) is 8.13. The number of halogens is 1. The summed E-state index contributed by atoms with van der Waals surface area (Å²) in [5.41, 5.74) is 1.18. The van der Waals surface area contributed by atoms with Gasteiger partial charge in [0.2, 0.25) is 0 Å². The Morgan fingerprint density at radius 3 is 2.70 bits per heavy atom. The summed E-state index contributed by atoms with van der Waals surface area (Å²) >= 11 is 1.75. The van der Waals surface area contributed by atoms with Crippen molar-refractivity contribution in [2.24, 2.45) is 4.99 Å². The molecular formula is C14H27IN4S. The molecule has 0 amide bonds. The van der Waals surface area contributed by atoms with Gasteiger partial charge in [0.1, 0.15) is 0 Å². The highest BCUT2D eigenvalue weighted by Gasteiger charge is 2.01. The van der Waals surface area contributed by atoms with Crippen LogP contribution in [0.1, 0.15) is 44.3 Å². The van der Waals surface area contributed by atoms with Gasteiger partial charge in [-0.1, -0.05) is 20.3 Å². The largest absolute Gasteiger partial charge is 0.357 e. The van der Waals surface area contributed by atoms with Crippen LogP contribution in [-0.2, 0) is 12.8 Å². The molecule has 0 radical (unpaired) electrons. The van der Waals surface area contributed by atoms with E-state index in [1.165, 1.54) is 17.1 Å². The topological polar surface area (TPSA) is 49.3 Å². The monoisotopic (exact) mass is 410 g/mol. The summed E-state index contributed by atoms with van der Waals surface area (Å²) in [5, 5.41) is 10.00. The highest BCUT2D eigenvalue weighted by atomic mass is 127. The number of nitrogens with zero attached hydrogens (tertiary/aromatic N) is 2. The molecule has 20 heavy (non-hydrogen) atoms. The maximum absolute atomic E-state index is 4.57. The van der Waals surface area contributed by atoms with Gasteiger partial charge in [0, 0.05) is 31.4 Å². The highest BCUT2D eigenvalue weighted by molar-refractivity contribution is 14.0. The molecule has 0 aliphatic rings. The summed E-state index contributed by atoms with van der Waals surface area (Å²) in [7, 11) is 0. The Bertz CT molecular complexity index is 379. The van der Waals surface area contributed by atoms with Gasteiger partial charge >= 0.3 is 0 Å². The van der Waals surface area contributed by atoms with Gasteiger partial charge in [0.25, 0.3) is 0 Å². The van der Waals surface area contributed by atoms with Crippen molar-refractivity contribution in [3.05, 3.63) is 16.1 Å². The molecule has 0 saturated heterocycles. The van der Waals surface area contributed by atoms with Gasteiger partial charge in [0.05, 0.1) is 10.7 Å². The van der Waals surface area contributed by atoms with E-state index in [2.05, 4.69) is 46.8 Å². The van der Waals surface area contributed by atoms with Crippen LogP contribution in [0, 0.1) is 0 Å². The van der Waals surface area contributed by atoms with Gasteiger partial charge in [-0.15, -0.1) is 35.3 Å². The zero-order chi connectivity index (χ0) is 13.9. The van der Waals surface area contributed by atoms with Crippen molar-refractivity contribution in [1.82, 2.24) is 15.6 Å². The lowest BCUT2D eigenvalue weighted by Crippen LogP contribution is -2.38. The van der Waals surface area contributed by atoms with Crippen LogP contribution in [-0.4, -0.2) is 30.6 Å². The van der Waals surface area contributed by atoms with Crippen molar-refractivity contribution >= 4 is 41.3 Å². The molecule has 0 spiro atoms. The Labute approximate surface area is 143 Å². The summed E-state index contributed by atoms with van der Waals surface area (Å²) in [4.78, 5) is 9.10. The fourth-order valence-electron chi connectivity index (χ4n) is 1.63. The summed E-state index contributed by atoms with van der Waals surface area (Å²) in [6, 6.07) is 0. The number of rotatable bonds is 8. The van der Waals surface area contributed by atoms with Crippen molar-refractivity contribution in [3.8, 4) is 0 Å². The lowest BCUT2D eigenvalue weighted by atomic mass is 10.3. The number of unbranched alkanes of at least 4 members (excludes halogenated alkanes) is 1. The number of aliphatic imine (C=N–C) groups is 1. The van der Waals surface area contributed by atoms with E-state index in [0.717, 1.165) is 44.9 Å². The first-order valence-electron chi connectivity index (χ1n) is 7.25. The van der Waals surface area contributed by atoms with E-state index in [4.69, 9.17) is 0 Å². The van der Waals surface area contributed by atoms with E-state index in [9.17, 15) is 0 Å². The molecule has 0 aromatic carbocycles. The molecule has 0 fully saturated rings. The quantitative estimate of drug-likeness (QED) is 0.300. The third-order valence-electron chi connectivity index (χ3n) is 2.70. The van der Waals surface area contributed by atoms with Crippen molar-refractivity contribution in [2.75, 3.05) is 19.6 Å². The van der Waals surface area contributed by atoms with E-state index in [-0.39, 0.29) is 24.0 Å². The molecule has 0 aliphatic heterocycles. The SMILES string of the molecule is CCCCN=C(NCC)NCCc1csc(CC)n1.I. The number of aryl methyl sites for hydroxylation is 1. The predicted octanol–water partition coefficient (Wildman–Crippen LogP) is 3.22. The van der Waals surface area contributed by atoms with Crippen molar-refractivity contribution in [2.45, 2.75) is 46.5 Å². The average molecular weight is 410 g/mol. The van der Waals surface area contributed by atoms with Gasteiger partial charge in [0.15, 0.2) is 5.96 Å². The van der Waals surface area contributed by atoms with Crippen LogP contribution in [0.25, 0.3) is 0 Å². The maximum Gasteiger partial charge on any atom is 0.191 e. The fraction of sp³-hybridized carbons (Fsp3) is 0.714. The Balaban J connectivity index is 0.00000361. The fourth-order valence-corrected chi connectivity index (χ4v) is 2.41. The van der Waals surface area contributed by atoms with E-state index < -0.39 is 0 Å². The Hall–Kier alpha value is -0.370. The zero-order valence-corrected chi connectivity index (χ0v) is 15.9. The molecule has 6 heteroatoms. The molecule has 2 N–H and O–H groups in total. The molecule has 0 aliphatic carbocycles. The summed E-state index contributed by atoms with van der Waals surface area (Å²) in [6.07, 6.45) is 4.30. The molecule has 4 nitrogen and oxygen atoms in total. The molecule has 1 heterocycles. The molecule has 1 aromatic rings. The predicted molar refractivity (Wildman–Crippen MR) is 99.5 cm³/mol. The molecule has 1 aromatic heterocycles. The minimum absolute atomic E-state index is 0. The number of nitrogens with one attached hydrogen (secondary N) is 2. The molecule has 1 rings (SSSR count). The lowest BCUT2D eigenvalue weighted by Gasteiger charge is -2.10. The minimum Gasteiger partial charge on any atom is -0.357 e. The third-order valence-corrected chi connectivity index (χ3v) is 3.74. The second-order valence-corrected chi connectivity index (χ2v) is 5.32. The zero-order valence-electron chi connectivity index (χ0n) is 12.7. The van der Waals surface area contributed by atoms with E-state index in [1.54, 1.807) is 11.3 Å². The second kappa shape index (κ2) is 12.4. The molecule has 0 unspecified atom stereocenters. The molecule has 0 saturated carbocycles. The molecule has 0 atom stereocenters. The third kappa shape index (κ3) is 8.04. The van der Waals surface area contributed by atoms with Crippen LogP contribution < -0.4 is 10.6 Å². The number of hydrogen-bond acceptors (Lipinski definition) is 3. The standard InChI is InChI=1S/C14H26N4S.HI/c1-4-7-9-16-14(15-6-3)17-10-8-12-11-19-13(5-2)18-12;/h11H,4-10H2,1-3H3,(H2,15,16,17);1H. The smallest absolute Gasteiger partial charge is 0.191 e. The first-order chi connectivity index (χ1) is 9.30. The Kier molecular flexibility index (Phi) is 12.1. The highest BCUT2D eigenvalue weighted by Crippen LogP contribution is 2.10. The van der Waals surface area contributed by atoms with E-state index >= 15 is 0 Å². The van der Waals surface area contributed by atoms with Gasteiger partial charge < -0.3 is 10.6 Å². The average Bonchev–Trinajstić information content (AvgIpc) is 2.87. The number of thiazole rings is 1. The van der Waals surface area contributed by atoms with Gasteiger partial charge in [-0.25, -0.2) is 4.98 Å². The lowest BCUT2D eigenvalue weighted by molar-refractivity contribution is 0.763. The number of aromatic nitrogens is 1. The van der Waals surface area contributed by atoms with Crippen molar-refractivity contribution in [3.63, 3.8) is 0 Å². The van der Waals surface area contributed by atoms with Crippen LogP contribution in [0.3, 0.4) is 0 Å². The van der Waals surface area contributed by atoms with E-state index in [1.807, 2.05) is 0 Å². The van der Waals surface area contributed by atoms with Crippen molar-refractivity contribution < 1.29 is 0 Å². The van der Waals surface area contributed by atoms with E-state index in [0.29, 0.717) is 0 Å². The number of hydrogen-bond donors (Lipinski definition) is 2. The van der Waals surface area contributed by atoms with Crippen molar-refractivity contribution in [1.29, 1.82) is 0 Å². The van der Waals surface area contributed by atoms with Gasteiger partial charge in [-0.05, 0) is 19.8 Å². The van der Waals surface area contributed by atoms with Crippen LogP contribution in [0.2, 0.25) is 0 Å². The summed E-state index contributed by atoms with van der Waals surface area (Å²) in [6.45, 7) is 9.08.